The molecule has 0 unspecified atom stereocenters. The third-order valence-corrected chi connectivity index (χ3v) is 6.38. The van der Waals surface area contributed by atoms with Crippen molar-refractivity contribution in [3.63, 3.8) is 0 Å². The van der Waals surface area contributed by atoms with E-state index in [9.17, 15) is 4.79 Å². The molecule has 0 saturated heterocycles. The SMILES string of the molecule is Cc1ccc(-c2nnc(S[C@@H](C)C(=O)Nc3c(C)cccc3C)n2-c2ccccc2)cc1. The molecule has 32 heavy (non-hydrogen) atoms. The van der Waals surface area contributed by atoms with E-state index in [-0.39, 0.29) is 11.2 Å². The molecule has 0 saturated carbocycles. The minimum Gasteiger partial charge on any atom is -0.325 e. The van der Waals surface area contributed by atoms with E-state index in [1.54, 1.807) is 0 Å². The first-order chi connectivity index (χ1) is 15.4. The molecule has 6 heteroatoms. The summed E-state index contributed by atoms with van der Waals surface area (Å²) < 4.78 is 2.01. The average molecular weight is 443 g/mol. The lowest BCUT2D eigenvalue weighted by Crippen LogP contribution is -2.23. The lowest BCUT2D eigenvalue weighted by atomic mass is 10.1. The van der Waals surface area contributed by atoms with Crippen molar-refractivity contribution < 1.29 is 4.79 Å². The molecule has 1 amide bonds. The summed E-state index contributed by atoms with van der Waals surface area (Å²) in [4.78, 5) is 13.0. The van der Waals surface area contributed by atoms with E-state index in [1.807, 2.05) is 86.0 Å². The number of hydrogen-bond donors (Lipinski definition) is 1. The number of carbonyl (C=O) groups is 1. The second-order valence-corrected chi connectivity index (χ2v) is 9.17. The van der Waals surface area contributed by atoms with Gasteiger partial charge >= 0.3 is 0 Å². The fraction of sp³-hybridized carbons (Fsp3) is 0.192. The van der Waals surface area contributed by atoms with Crippen LogP contribution in [0.4, 0.5) is 5.69 Å². The Labute approximate surface area is 192 Å². The number of nitrogens with one attached hydrogen (secondary N) is 1. The number of nitrogens with zero attached hydrogens (tertiary/aromatic N) is 3. The average Bonchev–Trinajstić information content (AvgIpc) is 3.20. The van der Waals surface area contributed by atoms with Crippen molar-refractivity contribution in [3.8, 4) is 17.1 Å². The van der Waals surface area contributed by atoms with Gasteiger partial charge in [-0.05, 0) is 51.0 Å². The molecule has 3 aromatic carbocycles. The summed E-state index contributed by atoms with van der Waals surface area (Å²) in [6.45, 7) is 7.95. The van der Waals surface area contributed by atoms with E-state index in [4.69, 9.17) is 0 Å². The van der Waals surface area contributed by atoms with Crippen LogP contribution in [0.5, 0.6) is 0 Å². The zero-order chi connectivity index (χ0) is 22.7. The Morgan fingerprint density at radius 3 is 2.19 bits per heavy atom. The maximum Gasteiger partial charge on any atom is 0.237 e. The van der Waals surface area contributed by atoms with E-state index >= 15 is 0 Å². The van der Waals surface area contributed by atoms with Crippen LogP contribution >= 0.6 is 11.8 Å². The van der Waals surface area contributed by atoms with Crippen LogP contribution in [0.15, 0.2) is 78.0 Å². The summed E-state index contributed by atoms with van der Waals surface area (Å²) in [6, 6.07) is 24.2. The molecular formula is C26H26N4OS. The molecule has 1 aromatic heterocycles. The van der Waals surface area contributed by atoms with Crippen LogP contribution in [0.3, 0.4) is 0 Å². The highest BCUT2D eigenvalue weighted by Crippen LogP contribution is 2.31. The Bertz CT molecular complexity index is 1210. The van der Waals surface area contributed by atoms with Crippen molar-refractivity contribution in [3.05, 3.63) is 89.5 Å². The van der Waals surface area contributed by atoms with Crippen molar-refractivity contribution in [2.45, 2.75) is 38.1 Å². The molecule has 0 spiro atoms. The van der Waals surface area contributed by atoms with Crippen molar-refractivity contribution in [2.24, 2.45) is 0 Å². The van der Waals surface area contributed by atoms with E-state index in [0.717, 1.165) is 33.9 Å². The molecule has 0 bridgehead atoms. The quantitative estimate of drug-likeness (QED) is 0.373. The normalized spacial score (nSPS) is 11.9. The molecule has 0 aliphatic rings. The van der Waals surface area contributed by atoms with Crippen molar-refractivity contribution in [1.82, 2.24) is 14.8 Å². The zero-order valence-corrected chi connectivity index (χ0v) is 19.5. The fourth-order valence-electron chi connectivity index (χ4n) is 3.49. The highest BCUT2D eigenvalue weighted by atomic mass is 32.2. The van der Waals surface area contributed by atoms with Gasteiger partial charge in [-0.15, -0.1) is 10.2 Å². The number of amides is 1. The second-order valence-electron chi connectivity index (χ2n) is 7.86. The number of hydrogen-bond acceptors (Lipinski definition) is 4. The molecule has 1 N–H and O–H groups in total. The van der Waals surface area contributed by atoms with Gasteiger partial charge in [0.1, 0.15) is 0 Å². The van der Waals surface area contributed by atoms with Gasteiger partial charge in [0.15, 0.2) is 11.0 Å². The number of anilines is 1. The monoisotopic (exact) mass is 442 g/mol. The summed E-state index contributed by atoms with van der Waals surface area (Å²) in [6.07, 6.45) is 0. The predicted octanol–water partition coefficient (Wildman–Crippen LogP) is 5.98. The fourth-order valence-corrected chi connectivity index (χ4v) is 4.36. The maximum atomic E-state index is 13.0. The summed E-state index contributed by atoms with van der Waals surface area (Å²) in [7, 11) is 0. The van der Waals surface area contributed by atoms with Gasteiger partial charge in [0, 0.05) is 16.9 Å². The van der Waals surface area contributed by atoms with Crippen LogP contribution in [0.25, 0.3) is 17.1 Å². The molecule has 4 aromatic rings. The molecular weight excluding hydrogens is 416 g/mol. The standard InChI is InChI=1S/C26H26N4OS/c1-17-13-15-21(16-14-17)24-28-29-26(30(24)22-11-6-5-7-12-22)32-20(4)25(31)27-23-18(2)9-8-10-19(23)3/h5-16,20H,1-4H3,(H,27,31)/t20-/m0/s1. The van der Waals surface area contributed by atoms with Crippen molar-refractivity contribution in [1.29, 1.82) is 0 Å². The van der Waals surface area contributed by atoms with E-state index in [0.29, 0.717) is 5.16 Å². The molecule has 1 atom stereocenters. The minimum absolute atomic E-state index is 0.0631. The first-order valence-electron chi connectivity index (χ1n) is 10.6. The van der Waals surface area contributed by atoms with Crippen molar-refractivity contribution in [2.75, 3.05) is 5.32 Å². The van der Waals surface area contributed by atoms with Crippen LogP contribution in [0.2, 0.25) is 0 Å². The second kappa shape index (κ2) is 9.40. The van der Waals surface area contributed by atoms with Gasteiger partial charge in [-0.25, -0.2) is 0 Å². The number of rotatable bonds is 6. The third kappa shape index (κ3) is 4.60. The Balaban J connectivity index is 1.65. The van der Waals surface area contributed by atoms with Gasteiger partial charge in [-0.2, -0.15) is 0 Å². The van der Waals surface area contributed by atoms with Crippen LogP contribution in [0, 0.1) is 20.8 Å². The highest BCUT2D eigenvalue weighted by molar-refractivity contribution is 8.00. The van der Waals surface area contributed by atoms with Gasteiger partial charge in [0.25, 0.3) is 0 Å². The van der Waals surface area contributed by atoms with Gasteiger partial charge < -0.3 is 5.32 Å². The molecule has 5 nitrogen and oxygen atoms in total. The van der Waals surface area contributed by atoms with Crippen LogP contribution < -0.4 is 5.32 Å². The Kier molecular flexibility index (Phi) is 6.42. The van der Waals surface area contributed by atoms with Gasteiger partial charge in [0.2, 0.25) is 5.91 Å². The van der Waals surface area contributed by atoms with Crippen LogP contribution in [0.1, 0.15) is 23.6 Å². The number of carbonyl (C=O) groups excluding carboxylic acids is 1. The van der Waals surface area contributed by atoms with Crippen LogP contribution in [-0.2, 0) is 4.79 Å². The summed E-state index contributed by atoms with van der Waals surface area (Å²) in [5.74, 6) is 0.688. The molecule has 0 aliphatic carbocycles. The summed E-state index contributed by atoms with van der Waals surface area (Å²) in [5, 5.41) is 12.3. The Hall–Kier alpha value is -3.38. The first-order valence-corrected chi connectivity index (χ1v) is 11.4. The number of thioether (sulfide) groups is 1. The number of benzene rings is 3. The summed E-state index contributed by atoms with van der Waals surface area (Å²) in [5.41, 5.74) is 6.08. The number of para-hydroxylation sites is 2. The molecule has 162 valence electrons. The lowest BCUT2D eigenvalue weighted by Gasteiger charge is -2.16. The Morgan fingerprint density at radius 2 is 1.53 bits per heavy atom. The van der Waals surface area contributed by atoms with E-state index < -0.39 is 0 Å². The van der Waals surface area contributed by atoms with E-state index in [2.05, 4.69) is 34.6 Å². The maximum absolute atomic E-state index is 13.0. The first kappa shape index (κ1) is 21.8. The molecule has 0 radical (unpaired) electrons. The van der Waals surface area contributed by atoms with Crippen LogP contribution in [-0.4, -0.2) is 25.9 Å². The lowest BCUT2D eigenvalue weighted by molar-refractivity contribution is -0.115. The smallest absolute Gasteiger partial charge is 0.237 e. The van der Waals surface area contributed by atoms with Gasteiger partial charge in [-0.1, -0.05) is 78.0 Å². The zero-order valence-electron chi connectivity index (χ0n) is 18.7. The molecule has 4 rings (SSSR count). The minimum atomic E-state index is -0.355. The van der Waals surface area contributed by atoms with Gasteiger partial charge in [0.05, 0.1) is 5.25 Å². The number of aromatic nitrogens is 3. The molecule has 1 heterocycles. The van der Waals surface area contributed by atoms with E-state index in [1.165, 1.54) is 17.3 Å². The largest absolute Gasteiger partial charge is 0.325 e. The highest BCUT2D eigenvalue weighted by Gasteiger charge is 2.22. The summed E-state index contributed by atoms with van der Waals surface area (Å²) >= 11 is 1.40. The number of aryl methyl sites for hydroxylation is 3. The van der Waals surface area contributed by atoms with Crippen molar-refractivity contribution >= 4 is 23.4 Å². The third-order valence-electron chi connectivity index (χ3n) is 5.34. The molecule has 0 fully saturated rings. The predicted molar refractivity (Wildman–Crippen MR) is 131 cm³/mol. The Morgan fingerprint density at radius 1 is 0.875 bits per heavy atom. The topological polar surface area (TPSA) is 59.8 Å². The molecule has 0 aliphatic heterocycles. The van der Waals surface area contributed by atoms with Gasteiger partial charge in [-0.3, -0.25) is 9.36 Å².